The standard InChI is InChI=1S/C20H30FN5/c1-5-22-20(26(4)16-19-7-6-13-25(19)3)23-12-14-24(2)15-17-8-10-18(21)11-9-17/h6-11,13H,5,12,14-16H2,1-4H3,(H,22,23). The number of guanidine groups is 1. The fraction of sp³-hybridized carbons (Fsp3) is 0.450. The van der Waals surface area contributed by atoms with E-state index in [0.29, 0.717) is 6.54 Å². The van der Waals surface area contributed by atoms with E-state index in [1.807, 2.05) is 12.1 Å². The SMILES string of the molecule is CCNC(=NCCN(C)Cc1ccc(F)cc1)N(C)Cc1cccn1C. The van der Waals surface area contributed by atoms with Gasteiger partial charge in [0, 0.05) is 45.6 Å². The fourth-order valence-electron chi connectivity index (χ4n) is 2.76. The Morgan fingerprint density at radius 1 is 1.15 bits per heavy atom. The number of likely N-dealkylation sites (N-methyl/N-ethyl adjacent to an activating group) is 1. The molecule has 0 bridgehead atoms. The molecule has 0 saturated carbocycles. The summed E-state index contributed by atoms with van der Waals surface area (Å²) < 4.78 is 15.1. The molecule has 0 amide bonds. The van der Waals surface area contributed by atoms with Crippen molar-refractivity contribution < 1.29 is 4.39 Å². The van der Waals surface area contributed by atoms with Crippen molar-refractivity contribution in [2.24, 2.45) is 12.0 Å². The summed E-state index contributed by atoms with van der Waals surface area (Å²) in [7, 11) is 6.16. The van der Waals surface area contributed by atoms with Gasteiger partial charge in [0.05, 0.1) is 13.1 Å². The highest BCUT2D eigenvalue weighted by atomic mass is 19.1. The number of aliphatic imine (C=N–C) groups is 1. The summed E-state index contributed by atoms with van der Waals surface area (Å²) in [6.45, 7) is 6.04. The van der Waals surface area contributed by atoms with Crippen LogP contribution in [0.1, 0.15) is 18.2 Å². The molecule has 0 saturated heterocycles. The van der Waals surface area contributed by atoms with Gasteiger partial charge in [0.15, 0.2) is 5.96 Å². The topological polar surface area (TPSA) is 35.8 Å². The van der Waals surface area contributed by atoms with E-state index in [1.165, 1.54) is 17.8 Å². The maximum atomic E-state index is 13.0. The third kappa shape index (κ3) is 6.19. The van der Waals surface area contributed by atoms with E-state index in [9.17, 15) is 4.39 Å². The van der Waals surface area contributed by atoms with E-state index in [1.54, 1.807) is 0 Å². The van der Waals surface area contributed by atoms with Gasteiger partial charge in [0.1, 0.15) is 5.82 Å². The fourth-order valence-corrected chi connectivity index (χ4v) is 2.76. The highest BCUT2D eigenvalue weighted by Crippen LogP contribution is 2.06. The Balaban J connectivity index is 1.87. The van der Waals surface area contributed by atoms with Gasteiger partial charge < -0.3 is 19.7 Å². The molecule has 0 aliphatic rings. The lowest BCUT2D eigenvalue weighted by atomic mass is 10.2. The van der Waals surface area contributed by atoms with Crippen molar-refractivity contribution in [3.63, 3.8) is 0 Å². The van der Waals surface area contributed by atoms with Gasteiger partial charge in [0.2, 0.25) is 0 Å². The minimum absolute atomic E-state index is 0.197. The molecule has 0 radical (unpaired) electrons. The number of hydrogen-bond donors (Lipinski definition) is 1. The number of nitrogens with zero attached hydrogens (tertiary/aromatic N) is 4. The van der Waals surface area contributed by atoms with Crippen LogP contribution in [0.15, 0.2) is 47.6 Å². The van der Waals surface area contributed by atoms with Crippen molar-refractivity contribution in [1.29, 1.82) is 0 Å². The smallest absolute Gasteiger partial charge is 0.194 e. The highest BCUT2D eigenvalue weighted by molar-refractivity contribution is 5.79. The monoisotopic (exact) mass is 359 g/mol. The van der Waals surface area contributed by atoms with Gasteiger partial charge in [-0.25, -0.2) is 4.39 Å². The first kappa shape index (κ1) is 20.0. The van der Waals surface area contributed by atoms with Crippen molar-refractivity contribution in [2.75, 3.05) is 33.7 Å². The van der Waals surface area contributed by atoms with Crippen LogP contribution in [0.5, 0.6) is 0 Å². The van der Waals surface area contributed by atoms with E-state index in [-0.39, 0.29) is 5.82 Å². The summed E-state index contributed by atoms with van der Waals surface area (Å²) >= 11 is 0. The third-order valence-corrected chi connectivity index (χ3v) is 4.26. The first-order chi connectivity index (χ1) is 12.5. The van der Waals surface area contributed by atoms with Crippen LogP contribution in [-0.4, -0.2) is 54.1 Å². The lowest BCUT2D eigenvalue weighted by Crippen LogP contribution is -2.39. The predicted octanol–water partition coefficient (Wildman–Crippen LogP) is 2.69. The van der Waals surface area contributed by atoms with Crippen molar-refractivity contribution in [3.05, 3.63) is 59.7 Å². The Hall–Kier alpha value is -2.34. The van der Waals surface area contributed by atoms with Gasteiger partial charge in [0.25, 0.3) is 0 Å². The van der Waals surface area contributed by atoms with Gasteiger partial charge in [-0.2, -0.15) is 0 Å². The van der Waals surface area contributed by atoms with Gasteiger partial charge >= 0.3 is 0 Å². The molecular weight excluding hydrogens is 329 g/mol. The predicted molar refractivity (Wildman–Crippen MR) is 106 cm³/mol. The Morgan fingerprint density at radius 3 is 2.50 bits per heavy atom. The molecule has 0 fully saturated rings. The molecular formula is C20H30FN5. The molecule has 2 aromatic rings. The Morgan fingerprint density at radius 2 is 1.88 bits per heavy atom. The molecule has 142 valence electrons. The van der Waals surface area contributed by atoms with E-state index < -0.39 is 0 Å². The molecule has 1 aromatic carbocycles. The van der Waals surface area contributed by atoms with Crippen LogP contribution in [-0.2, 0) is 20.1 Å². The van der Waals surface area contributed by atoms with E-state index in [0.717, 1.165) is 37.7 Å². The summed E-state index contributed by atoms with van der Waals surface area (Å²) in [5.41, 5.74) is 2.34. The molecule has 0 aliphatic carbocycles. The number of aryl methyl sites for hydroxylation is 1. The van der Waals surface area contributed by atoms with Crippen LogP contribution < -0.4 is 5.32 Å². The van der Waals surface area contributed by atoms with Crippen LogP contribution in [0.25, 0.3) is 0 Å². The van der Waals surface area contributed by atoms with Crippen LogP contribution in [0.3, 0.4) is 0 Å². The molecule has 0 spiro atoms. The first-order valence-electron chi connectivity index (χ1n) is 9.02. The zero-order valence-electron chi connectivity index (χ0n) is 16.2. The number of rotatable bonds is 8. The average molecular weight is 359 g/mol. The Bertz CT molecular complexity index is 692. The number of halogens is 1. The quantitative estimate of drug-likeness (QED) is 0.581. The van der Waals surface area contributed by atoms with Crippen molar-refractivity contribution in [1.82, 2.24) is 19.7 Å². The third-order valence-electron chi connectivity index (χ3n) is 4.26. The van der Waals surface area contributed by atoms with Crippen LogP contribution in [0, 0.1) is 5.82 Å². The minimum atomic E-state index is -0.197. The molecule has 2 rings (SSSR count). The van der Waals surface area contributed by atoms with Gasteiger partial charge in [-0.15, -0.1) is 0 Å². The lowest BCUT2D eigenvalue weighted by molar-refractivity contribution is 0.335. The maximum absolute atomic E-state index is 13.0. The van der Waals surface area contributed by atoms with E-state index in [2.05, 4.69) is 66.1 Å². The van der Waals surface area contributed by atoms with Gasteiger partial charge in [-0.3, -0.25) is 4.99 Å². The van der Waals surface area contributed by atoms with Gasteiger partial charge in [-0.1, -0.05) is 12.1 Å². The van der Waals surface area contributed by atoms with Gasteiger partial charge in [-0.05, 0) is 43.8 Å². The Labute approximate surface area is 156 Å². The van der Waals surface area contributed by atoms with Crippen LogP contribution >= 0.6 is 0 Å². The molecule has 1 N–H and O–H groups in total. The average Bonchev–Trinajstić information content (AvgIpc) is 3.01. The normalized spacial score (nSPS) is 11.8. The van der Waals surface area contributed by atoms with E-state index in [4.69, 9.17) is 4.99 Å². The number of nitrogens with one attached hydrogen (secondary N) is 1. The minimum Gasteiger partial charge on any atom is -0.357 e. The summed E-state index contributed by atoms with van der Waals surface area (Å²) in [6.07, 6.45) is 2.05. The van der Waals surface area contributed by atoms with Crippen LogP contribution in [0.2, 0.25) is 0 Å². The van der Waals surface area contributed by atoms with Crippen molar-refractivity contribution in [3.8, 4) is 0 Å². The number of aromatic nitrogens is 1. The second kappa shape index (κ2) is 9.97. The number of benzene rings is 1. The molecule has 0 atom stereocenters. The summed E-state index contributed by atoms with van der Waals surface area (Å²) in [5, 5.41) is 3.35. The zero-order valence-corrected chi connectivity index (χ0v) is 16.2. The highest BCUT2D eigenvalue weighted by Gasteiger charge is 2.08. The molecule has 5 nitrogen and oxygen atoms in total. The maximum Gasteiger partial charge on any atom is 0.194 e. The summed E-state index contributed by atoms with van der Waals surface area (Å²) in [4.78, 5) is 9.07. The largest absolute Gasteiger partial charge is 0.357 e. The second-order valence-electron chi connectivity index (χ2n) is 6.57. The molecule has 1 aromatic heterocycles. The molecule has 1 heterocycles. The first-order valence-corrected chi connectivity index (χ1v) is 9.02. The van der Waals surface area contributed by atoms with Crippen LogP contribution in [0.4, 0.5) is 4.39 Å². The Kier molecular flexibility index (Phi) is 7.66. The summed E-state index contributed by atoms with van der Waals surface area (Å²) in [5.74, 6) is 0.710. The molecule has 26 heavy (non-hydrogen) atoms. The second-order valence-corrected chi connectivity index (χ2v) is 6.57. The number of hydrogen-bond acceptors (Lipinski definition) is 2. The molecule has 0 unspecified atom stereocenters. The lowest BCUT2D eigenvalue weighted by Gasteiger charge is -2.23. The molecule has 0 aliphatic heterocycles. The molecule has 6 heteroatoms. The van der Waals surface area contributed by atoms with E-state index >= 15 is 0 Å². The zero-order chi connectivity index (χ0) is 18.9. The summed E-state index contributed by atoms with van der Waals surface area (Å²) in [6, 6.07) is 10.8. The van der Waals surface area contributed by atoms with Crippen molar-refractivity contribution >= 4 is 5.96 Å². The van der Waals surface area contributed by atoms with Crippen molar-refractivity contribution in [2.45, 2.75) is 20.0 Å².